The minimum atomic E-state index is -1.20. The molecule has 1 amide bonds. The number of amides is 1. The third-order valence-corrected chi connectivity index (χ3v) is 9.59. The number of anilines is 1. The Kier molecular flexibility index (Phi) is 10.6. The van der Waals surface area contributed by atoms with E-state index in [9.17, 15) is 18.5 Å². The third kappa shape index (κ3) is 8.64. The molecule has 3 aromatic rings. The van der Waals surface area contributed by atoms with Gasteiger partial charge in [0.25, 0.3) is 0 Å². The maximum Gasteiger partial charge on any atom is 0.224 e. The van der Waals surface area contributed by atoms with Crippen molar-refractivity contribution in [2.24, 2.45) is 5.92 Å². The van der Waals surface area contributed by atoms with Crippen LogP contribution in [0.5, 0.6) is 0 Å². The summed E-state index contributed by atoms with van der Waals surface area (Å²) in [6.45, 7) is 4.74. The zero-order valence-electron chi connectivity index (χ0n) is 23.4. The smallest absolute Gasteiger partial charge is 0.224 e. The van der Waals surface area contributed by atoms with Crippen molar-refractivity contribution >= 4 is 33.7 Å². The number of aromatic nitrogens is 2. The first-order valence-electron chi connectivity index (χ1n) is 13.8. The Hall–Kier alpha value is -3.20. The van der Waals surface area contributed by atoms with Crippen LogP contribution in [-0.2, 0) is 15.6 Å². The topological polar surface area (TPSA) is 119 Å². The molecule has 3 heterocycles. The van der Waals surface area contributed by atoms with E-state index < -0.39 is 22.4 Å². The van der Waals surface area contributed by atoms with Gasteiger partial charge in [-0.25, -0.2) is 9.37 Å². The summed E-state index contributed by atoms with van der Waals surface area (Å²) in [5.74, 6) is 1.06. The molecule has 8 nitrogen and oxygen atoms in total. The molecular weight excluding hydrogens is 561 g/mol. The lowest BCUT2D eigenvalue weighted by Gasteiger charge is -2.28. The van der Waals surface area contributed by atoms with E-state index in [1.54, 1.807) is 6.07 Å². The van der Waals surface area contributed by atoms with E-state index in [2.05, 4.69) is 44.5 Å². The van der Waals surface area contributed by atoms with Crippen LogP contribution in [0.25, 0.3) is 21.1 Å². The van der Waals surface area contributed by atoms with E-state index in [0.717, 1.165) is 71.4 Å². The van der Waals surface area contributed by atoms with Gasteiger partial charge in [-0.1, -0.05) is 31.4 Å². The first-order chi connectivity index (χ1) is 19.6. The van der Waals surface area contributed by atoms with Crippen molar-refractivity contribution in [2.75, 3.05) is 29.5 Å². The van der Waals surface area contributed by atoms with Gasteiger partial charge in [-0.3, -0.25) is 14.0 Å². The van der Waals surface area contributed by atoms with E-state index in [0.29, 0.717) is 5.69 Å². The van der Waals surface area contributed by atoms with Gasteiger partial charge in [-0.15, -0.1) is 11.3 Å². The summed E-state index contributed by atoms with van der Waals surface area (Å²) < 4.78 is 24.5. The van der Waals surface area contributed by atoms with Crippen LogP contribution in [0.2, 0.25) is 0 Å². The molecule has 1 saturated carbocycles. The molecule has 218 valence electrons. The lowest BCUT2D eigenvalue weighted by Crippen LogP contribution is -2.50. The predicted molar refractivity (Wildman–Crippen MR) is 161 cm³/mol. The summed E-state index contributed by atoms with van der Waals surface area (Å²) in [6, 6.07) is 12.5. The fraction of sp³-hybridized carbons (Fsp3) is 0.467. The Morgan fingerprint density at radius 1 is 1.12 bits per heavy atom. The summed E-state index contributed by atoms with van der Waals surface area (Å²) in [5.41, 5.74) is 1.73. The molecule has 1 aliphatic heterocycles. The van der Waals surface area contributed by atoms with Gasteiger partial charge >= 0.3 is 0 Å². The Morgan fingerprint density at radius 2 is 1.80 bits per heavy atom. The van der Waals surface area contributed by atoms with Crippen LogP contribution in [0, 0.1) is 23.1 Å². The Bertz CT molecular complexity index is 1350. The molecule has 0 radical (unpaired) electrons. The largest absolute Gasteiger partial charge is 0.387 e. The van der Waals surface area contributed by atoms with E-state index >= 15 is 0 Å². The molecule has 5 rings (SSSR count). The number of carbonyl (C=O) groups excluding carboxylic acids is 1. The Labute approximate surface area is 247 Å². The number of nitriles is 1. The van der Waals surface area contributed by atoms with Crippen molar-refractivity contribution in [2.45, 2.75) is 57.6 Å². The van der Waals surface area contributed by atoms with Gasteiger partial charge in [0, 0.05) is 53.2 Å². The molecule has 11 heteroatoms. The highest BCUT2D eigenvalue weighted by Crippen LogP contribution is 2.32. The van der Waals surface area contributed by atoms with Crippen molar-refractivity contribution in [3.8, 4) is 27.2 Å². The first kappa shape index (κ1) is 30.8. The number of hydrogen-bond acceptors (Lipinski definition) is 8. The molecule has 1 aromatic carbocycles. The predicted octanol–water partition coefficient (Wildman–Crippen LogP) is 4.93. The number of aliphatic hydroxyl groups is 1. The fourth-order valence-corrected chi connectivity index (χ4v) is 6.70. The summed E-state index contributed by atoms with van der Waals surface area (Å²) in [7, 11) is -0.663. The van der Waals surface area contributed by atoms with Gasteiger partial charge in [0.05, 0.1) is 28.4 Å². The number of benzene rings is 1. The maximum atomic E-state index is 13.0. The molecular formula is C30H36FN5O3S2. The van der Waals surface area contributed by atoms with Crippen LogP contribution < -0.4 is 10.2 Å². The van der Waals surface area contributed by atoms with E-state index in [4.69, 9.17) is 5.26 Å². The van der Waals surface area contributed by atoms with Gasteiger partial charge in [-0.05, 0) is 56.5 Å². The van der Waals surface area contributed by atoms with Gasteiger partial charge in [0.1, 0.15) is 16.9 Å². The zero-order valence-corrected chi connectivity index (χ0v) is 25.0. The molecule has 2 fully saturated rings. The van der Waals surface area contributed by atoms with Gasteiger partial charge in [0.15, 0.2) is 0 Å². The van der Waals surface area contributed by atoms with Gasteiger partial charge in [0.2, 0.25) is 5.91 Å². The SMILES string of the molecule is CC(C)(O)C(C#N)NC(=O)C1CCCCC1.O=S1CCN(c2ccc(-c3cnc(-c4ccc(F)cn4)s3)cc2)CC1. The lowest BCUT2D eigenvalue weighted by atomic mass is 9.88. The number of nitrogens with one attached hydrogen (secondary N) is 1. The summed E-state index contributed by atoms with van der Waals surface area (Å²) in [4.78, 5) is 23.6. The quantitative estimate of drug-likeness (QED) is 0.414. The van der Waals surface area contributed by atoms with Crippen molar-refractivity contribution in [3.63, 3.8) is 0 Å². The number of thiazole rings is 1. The highest BCUT2D eigenvalue weighted by Gasteiger charge is 2.31. The van der Waals surface area contributed by atoms with E-state index in [1.807, 2.05) is 12.3 Å². The lowest BCUT2D eigenvalue weighted by molar-refractivity contribution is -0.127. The number of pyridine rings is 1. The average Bonchev–Trinajstić information content (AvgIpc) is 3.47. The highest BCUT2D eigenvalue weighted by molar-refractivity contribution is 7.85. The molecule has 1 atom stereocenters. The van der Waals surface area contributed by atoms with Crippen LogP contribution in [-0.4, -0.2) is 61.4 Å². The van der Waals surface area contributed by atoms with Crippen LogP contribution >= 0.6 is 11.3 Å². The minimum Gasteiger partial charge on any atom is -0.387 e. The standard InChI is InChI=1S/C18H16FN3OS2.C12H20N2O2/c19-14-3-6-16(20-11-14)18-21-12-17(24-18)13-1-4-15(5-2-13)22-7-9-25(23)10-8-22;1-12(2,16)10(8-13)14-11(15)9-6-4-3-5-7-9/h1-6,11-12H,7-10H2;9-10,16H,3-7H2,1-2H3,(H,14,15). The monoisotopic (exact) mass is 597 g/mol. The summed E-state index contributed by atoms with van der Waals surface area (Å²) >= 11 is 1.54. The molecule has 0 spiro atoms. The van der Waals surface area contributed by atoms with E-state index in [-0.39, 0.29) is 17.6 Å². The highest BCUT2D eigenvalue weighted by atomic mass is 32.2. The maximum absolute atomic E-state index is 13.0. The average molecular weight is 598 g/mol. The number of rotatable bonds is 6. The van der Waals surface area contributed by atoms with Crippen LogP contribution in [0.1, 0.15) is 46.0 Å². The van der Waals surface area contributed by atoms with Gasteiger partial charge in [-0.2, -0.15) is 5.26 Å². The molecule has 0 bridgehead atoms. The first-order valence-corrected chi connectivity index (χ1v) is 16.1. The number of halogens is 1. The Morgan fingerprint density at radius 3 is 2.39 bits per heavy atom. The molecule has 2 aliphatic rings. The summed E-state index contributed by atoms with van der Waals surface area (Å²) in [5, 5.41) is 22.0. The molecule has 1 saturated heterocycles. The number of carbonyl (C=O) groups is 1. The second kappa shape index (κ2) is 14.1. The molecule has 2 aromatic heterocycles. The van der Waals surface area contributed by atoms with Crippen LogP contribution in [0.4, 0.5) is 10.1 Å². The second-order valence-corrected chi connectivity index (χ2v) is 13.6. The fourth-order valence-electron chi connectivity index (χ4n) is 4.75. The summed E-state index contributed by atoms with van der Waals surface area (Å²) in [6.07, 6.45) is 8.18. The molecule has 2 N–H and O–H groups in total. The van der Waals surface area contributed by atoms with Crippen molar-refractivity contribution < 1.29 is 18.5 Å². The van der Waals surface area contributed by atoms with E-state index in [1.165, 1.54) is 43.9 Å². The van der Waals surface area contributed by atoms with Crippen LogP contribution in [0.15, 0.2) is 48.8 Å². The second-order valence-electron chi connectivity index (χ2n) is 10.8. The Balaban J connectivity index is 0.000000210. The molecule has 1 aliphatic carbocycles. The van der Waals surface area contributed by atoms with Crippen molar-refractivity contribution in [1.29, 1.82) is 5.26 Å². The van der Waals surface area contributed by atoms with Gasteiger partial charge < -0.3 is 15.3 Å². The molecule has 1 unspecified atom stereocenters. The third-order valence-electron chi connectivity index (χ3n) is 7.25. The van der Waals surface area contributed by atoms with Crippen LogP contribution in [0.3, 0.4) is 0 Å². The number of nitrogens with zero attached hydrogens (tertiary/aromatic N) is 4. The minimum absolute atomic E-state index is 0.0203. The normalized spacial score (nSPS) is 17.2. The number of hydrogen-bond donors (Lipinski definition) is 2. The van der Waals surface area contributed by atoms with Crippen molar-refractivity contribution in [1.82, 2.24) is 15.3 Å². The van der Waals surface area contributed by atoms with Crippen molar-refractivity contribution in [3.05, 3.63) is 54.6 Å². The zero-order chi connectivity index (χ0) is 29.4. The molecule has 41 heavy (non-hydrogen) atoms.